The first kappa shape index (κ1) is 12.7. The highest BCUT2D eigenvalue weighted by atomic mass is 16.6. The Kier molecular flexibility index (Phi) is 3.38. The molecule has 1 aromatic heterocycles. The standard InChI is InChI=1S/C11H19N3O2/c1-10(2,3)16-9(15)11(4,12)7-14-6-5-13-8-14/h5-6,8H,7,12H2,1-4H3. The lowest BCUT2D eigenvalue weighted by atomic mass is 10.0. The van der Waals surface area contributed by atoms with E-state index in [1.54, 1.807) is 30.2 Å². The highest BCUT2D eigenvalue weighted by molar-refractivity contribution is 5.80. The Morgan fingerprint density at radius 2 is 2.06 bits per heavy atom. The fraction of sp³-hybridized carbons (Fsp3) is 0.636. The Hall–Kier alpha value is -1.36. The van der Waals surface area contributed by atoms with Crippen LogP contribution in [0.3, 0.4) is 0 Å². The van der Waals surface area contributed by atoms with E-state index in [0.29, 0.717) is 6.54 Å². The number of imidazole rings is 1. The van der Waals surface area contributed by atoms with Gasteiger partial charge in [0.2, 0.25) is 0 Å². The van der Waals surface area contributed by atoms with Gasteiger partial charge in [-0.3, -0.25) is 0 Å². The van der Waals surface area contributed by atoms with Crippen LogP contribution in [0.4, 0.5) is 0 Å². The van der Waals surface area contributed by atoms with Gasteiger partial charge >= 0.3 is 5.97 Å². The topological polar surface area (TPSA) is 70.1 Å². The van der Waals surface area contributed by atoms with Gasteiger partial charge in [-0.15, -0.1) is 0 Å². The Morgan fingerprint density at radius 1 is 1.44 bits per heavy atom. The Bertz CT molecular complexity index is 350. The lowest BCUT2D eigenvalue weighted by Gasteiger charge is -2.28. The molecule has 1 aromatic rings. The summed E-state index contributed by atoms with van der Waals surface area (Å²) in [6.45, 7) is 7.46. The van der Waals surface area contributed by atoms with Crippen molar-refractivity contribution in [1.82, 2.24) is 9.55 Å². The highest BCUT2D eigenvalue weighted by Gasteiger charge is 2.33. The summed E-state index contributed by atoms with van der Waals surface area (Å²) >= 11 is 0. The van der Waals surface area contributed by atoms with Crippen LogP contribution in [0, 0.1) is 0 Å². The molecule has 0 aliphatic carbocycles. The zero-order valence-corrected chi connectivity index (χ0v) is 10.2. The molecule has 0 saturated carbocycles. The van der Waals surface area contributed by atoms with Crippen molar-refractivity contribution in [2.75, 3.05) is 0 Å². The first-order valence-electron chi connectivity index (χ1n) is 5.19. The van der Waals surface area contributed by atoms with Crippen LogP contribution >= 0.6 is 0 Å². The summed E-state index contributed by atoms with van der Waals surface area (Å²) in [6, 6.07) is 0. The van der Waals surface area contributed by atoms with Crippen LogP contribution in [-0.4, -0.2) is 26.7 Å². The lowest BCUT2D eigenvalue weighted by molar-refractivity contribution is -0.161. The highest BCUT2D eigenvalue weighted by Crippen LogP contribution is 2.14. The van der Waals surface area contributed by atoms with E-state index in [4.69, 9.17) is 10.5 Å². The molecule has 0 spiro atoms. The van der Waals surface area contributed by atoms with Crippen LogP contribution in [-0.2, 0) is 16.1 Å². The second-order valence-electron chi connectivity index (χ2n) is 5.15. The molecule has 0 bridgehead atoms. The van der Waals surface area contributed by atoms with Gasteiger partial charge in [0.15, 0.2) is 0 Å². The van der Waals surface area contributed by atoms with E-state index in [1.807, 2.05) is 20.8 Å². The zero-order valence-electron chi connectivity index (χ0n) is 10.2. The molecular weight excluding hydrogens is 206 g/mol. The maximum Gasteiger partial charge on any atom is 0.328 e. The Labute approximate surface area is 95.6 Å². The number of aromatic nitrogens is 2. The van der Waals surface area contributed by atoms with Gasteiger partial charge < -0.3 is 15.0 Å². The normalized spacial score (nSPS) is 15.6. The summed E-state index contributed by atoms with van der Waals surface area (Å²) in [5, 5.41) is 0. The summed E-state index contributed by atoms with van der Waals surface area (Å²) in [5.74, 6) is -0.409. The summed E-state index contributed by atoms with van der Waals surface area (Å²) in [6.07, 6.45) is 5.02. The van der Waals surface area contributed by atoms with E-state index in [-0.39, 0.29) is 0 Å². The first-order valence-corrected chi connectivity index (χ1v) is 5.19. The van der Waals surface area contributed by atoms with Crippen LogP contribution in [0.1, 0.15) is 27.7 Å². The van der Waals surface area contributed by atoms with Crippen molar-refractivity contribution in [1.29, 1.82) is 0 Å². The van der Waals surface area contributed by atoms with Gasteiger partial charge in [-0.1, -0.05) is 0 Å². The Balaban J connectivity index is 2.66. The molecule has 0 aromatic carbocycles. The first-order chi connectivity index (χ1) is 7.21. The molecule has 1 rings (SSSR count). The zero-order chi connectivity index (χ0) is 12.4. The largest absolute Gasteiger partial charge is 0.459 e. The van der Waals surface area contributed by atoms with Gasteiger partial charge in [0.25, 0.3) is 0 Å². The van der Waals surface area contributed by atoms with Crippen LogP contribution in [0.15, 0.2) is 18.7 Å². The van der Waals surface area contributed by atoms with Gasteiger partial charge in [0, 0.05) is 12.4 Å². The molecule has 5 heteroatoms. The van der Waals surface area contributed by atoms with E-state index in [0.717, 1.165) is 0 Å². The van der Waals surface area contributed by atoms with E-state index in [9.17, 15) is 4.79 Å². The fourth-order valence-electron chi connectivity index (χ4n) is 1.22. The Morgan fingerprint density at radius 3 is 2.50 bits per heavy atom. The smallest absolute Gasteiger partial charge is 0.328 e. The van der Waals surface area contributed by atoms with Gasteiger partial charge in [0.05, 0.1) is 12.9 Å². The van der Waals surface area contributed by atoms with Crippen LogP contribution in [0.2, 0.25) is 0 Å². The molecule has 0 aliphatic rings. The SMILES string of the molecule is CC(C)(C)OC(=O)C(C)(N)Cn1ccnc1. The molecule has 5 nitrogen and oxygen atoms in total. The summed E-state index contributed by atoms with van der Waals surface area (Å²) in [4.78, 5) is 15.7. The number of ether oxygens (including phenoxy) is 1. The summed E-state index contributed by atoms with van der Waals surface area (Å²) in [5.41, 5.74) is 4.37. The number of rotatable bonds is 3. The quantitative estimate of drug-likeness (QED) is 0.777. The number of hydrogen-bond acceptors (Lipinski definition) is 4. The third-order valence-electron chi connectivity index (χ3n) is 1.94. The maximum absolute atomic E-state index is 11.8. The monoisotopic (exact) mass is 225 g/mol. The molecule has 1 heterocycles. The number of carbonyl (C=O) groups is 1. The van der Waals surface area contributed by atoms with E-state index < -0.39 is 17.1 Å². The minimum Gasteiger partial charge on any atom is -0.459 e. The molecule has 0 amide bonds. The van der Waals surface area contributed by atoms with Crippen molar-refractivity contribution in [2.45, 2.75) is 45.4 Å². The second kappa shape index (κ2) is 4.25. The van der Waals surface area contributed by atoms with Crippen LogP contribution in [0.25, 0.3) is 0 Å². The predicted octanol–water partition coefficient (Wildman–Crippen LogP) is 0.942. The van der Waals surface area contributed by atoms with E-state index >= 15 is 0 Å². The van der Waals surface area contributed by atoms with E-state index in [1.165, 1.54) is 0 Å². The predicted molar refractivity (Wildman–Crippen MR) is 60.7 cm³/mol. The van der Waals surface area contributed by atoms with Gasteiger partial charge in [-0.05, 0) is 27.7 Å². The molecule has 1 atom stereocenters. The van der Waals surface area contributed by atoms with E-state index in [2.05, 4.69) is 4.98 Å². The van der Waals surface area contributed by atoms with Crippen molar-refractivity contribution in [3.05, 3.63) is 18.7 Å². The number of carbonyl (C=O) groups excluding carboxylic acids is 1. The van der Waals surface area contributed by atoms with Crippen LogP contribution in [0.5, 0.6) is 0 Å². The van der Waals surface area contributed by atoms with Crippen molar-refractivity contribution < 1.29 is 9.53 Å². The number of nitrogens with zero attached hydrogens (tertiary/aromatic N) is 2. The van der Waals surface area contributed by atoms with Gasteiger partial charge in [0.1, 0.15) is 11.1 Å². The van der Waals surface area contributed by atoms with Crippen molar-refractivity contribution in [3.8, 4) is 0 Å². The van der Waals surface area contributed by atoms with Gasteiger partial charge in [-0.25, -0.2) is 9.78 Å². The molecule has 0 fully saturated rings. The molecule has 1 unspecified atom stereocenters. The number of esters is 1. The summed E-state index contributed by atoms with van der Waals surface area (Å²) < 4.78 is 7.01. The summed E-state index contributed by atoms with van der Waals surface area (Å²) in [7, 11) is 0. The minimum atomic E-state index is -1.05. The molecule has 90 valence electrons. The molecule has 16 heavy (non-hydrogen) atoms. The number of hydrogen-bond donors (Lipinski definition) is 1. The molecule has 0 aliphatic heterocycles. The molecular formula is C11H19N3O2. The third kappa shape index (κ3) is 3.66. The fourth-order valence-corrected chi connectivity index (χ4v) is 1.22. The minimum absolute atomic E-state index is 0.349. The average molecular weight is 225 g/mol. The third-order valence-corrected chi connectivity index (χ3v) is 1.94. The van der Waals surface area contributed by atoms with Crippen molar-refractivity contribution in [3.63, 3.8) is 0 Å². The number of nitrogens with two attached hydrogens (primary N) is 1. The lowest BCUT2D eigenvalue weighted by Crippen LogP contribution is -2.51. The van der Waals surface area contributed by atoms with Gasteiger partial charge in [-0.2, -0.15) is 0 Å². The molecule has 0 radical (unpaired) electrons. The average Bonchev–Trinajstić information content (AvgIpc) is 2.52. The van der Waals surface area contributed by atoms with Crippen molar-refractivity contribution in [2.24, 2.45) is 5.73 Å². The molecule has 2 N–H and O–H groups in total. The molecule has 0 saturated heterocycles. The second-order valence-corrected chi connectivity index (χ2v) is 5.15. The maximum atomic E-state index is 11.8. The van der Waals surface area contributed by atoms with Crippen molar-refractivity contribution >= 4 is 5.97 Å². The van der Waals surface area contributed by atoms with Crippen LogP contribution < -0.4 is 5.73 Å².